The van der Waals surface area contributed by atoms with E-state index < -0.39 is 0 Å². The first-order valence-electron chi connectivity index (χ1n) is 8.36. The Kier molecular flexibility index (Phi) is 5.27. The van der Waals surface area contributed by atoms with Gasteiger partial charge in [-0.2, -0.15) is 0 Å². The van der Waals surface area contributed by atoms with Crippen LogP contribution in [0.2, 0.25) is 0 Å². The van der Waals surface area contributed by atoms with Crippen molar-refractivity contribution in [2.24, 2.45) is 0 Å². The number of carbonyl (C=O) groups is 1. The van der Waals surface area contributed by atoms with E-state index in [4.69, 9.17) is 4.42 Å². The van der Waals surface area contributed by atoms with Gasteiger partial charge in [0.15, 0.2) is 0 Å². The fourth-order valence-electron chi connectivity index (χ4n) is 2.98. The molecule has 26 heavy (non-hydrogen) atoms. The SMILES string of the molecule is Cc1cc(C(C)NC(=O)CCn2cnc3ccc(Br)cc3c2=O)c(C)o1. The molecule has 0 aliphatic rings. The highest BCUT2D eigenvalue weighted by Crippen LogP contribution is 2.21. The largest absolute Gasteiger partial charge is 0.466 e. The molecule has 136 valence electrons. The number of nitrogens with zero attached hydrogens (tertiary/aromatic N) is 2. The molecule has 0 radical (unpaired) electrons. The number of aromatic nitrogens is 2. The van der Waals surface area contributed by atoms with Crippen molar-refractivity contribution in [2.45, 2.75) is 39.8 Å². The summed E-state index contributed by atoms with van der Waals surface area (Å²) in [4.78, 5) is 29.1. The van der Waals surface area contributed by atoms with Crippen LogP contribution in [-0.2, 0) is 11.3 Å². The Labute approximate surface area is 159 Å². The standard InChI is InChI=1S/C19H20BrN3O3/c1-11-8-15(13(3)26-11)12(2)22-18(24)6-7-23-10-21-17-5-4-14(20)9-16(17)19(23)25/h4-5,8-10,12H,6-7H2,1-3H3,(H,22,24). The van der Waals surface area contributed by atoms with Gasteiger partial charge in [0, 0.05) is 23.0 Å². The van der Waals surface area contributed by atoms with Gasteiger partial charge in [-0.15, -0.1) is 0 Å². The molecule has 0 aliphatic carbocycles. The summed E-state index contributed by atoms with van der Waals surface area (Å²) in [6.07, 6.45) is 1.68. The summed E-state index contributed by atoms with van der Waals surface area (Å²) in [6.45, 7) is 5.94. The zero-order chi connectivity index (χ0) is 18.8. The molecular weight excluding hydrogens is 398 g/mol. The number of nitrogens with one attached hydrogen (secondary N) is 1. The van der Waals surface area contributed by atoms with Crippen LogP contribution in [0.15, 0.2) is 44.3 Å². The number of halogens is 1. The summed E-state index contributed by atoms with van der Waals surface area (Å²) in [5, 5.41) is 3.47. The lowest BCUT2D eigenvalue weighted by Crippen LogP contribution is -2.29. The number of rotatable bonds is 5. The Bertz CT molecular complexity index is 1020. The molecular formula is C19H20BrN3O3. The van der Waals surface area contributed by atoms with Gasteiger partial charge in [0.1, 0.15) is 11.5 Å². The zero-order valence-corrected chi connectivity index (χ0v) is 16.5. The Balaban J connectivity index is 1.68. The highest BCUT2D eigenvalue weighted by atomic mass is 79.9. The summed E-state index contributed by atoms with van der Waals surface area (Å²) < 4.78 is 7.79. The molecule has 1 atom stereocenters. The van der Waals surface area contributed by atoms with E-state index >= 15 is 0 Å². The van der Waals surface area contributed by atoms with E-state index in [1.165, 1.54) is 10.9 Å². The second kappa shape index (κ2) is 7.45. The van der Waals surface area contributed by atoms with Gasteiger partial charge in [0.25, 0.3) is 5.56 Å². The fourth-order valence-corrected chi connectivity index (χ4v) is 3.35. The van der Waals surface area contributed by atoms with Gasteiger partial charge in [0.2, 0.25) is 5.91 Å². The molecule has 1 amide bonds. The van der Waals surface area contributed by atoms with Gasteiger partial charge in [-0.1, -0.05) is 15.9 Å². The van der Waals surface area contributed by atoms with Crippen LogP contribution in [0.3, 0.4) is 0 Å². The molecule has 0 saturated heterocycles. The average Bonchev–Trinajstić information content (AvgIpc) is 2.93. The van der Waals surface area contributed by atoms with E-state index in [0.717, 1.165) is 21.6 Å². The lowest BCUT2D eigenvalue weighted by atomic mass is 10.1. The fraction of sp³-hybridized carbons (Fsp3) is 0.316. The Morgan fingerprint density at radius 1 is 1.35 bits per heavy atom. The summed E-state index contributed by atoms with van der Waals surface area (Å²) in [6, 6.07) is 7.15. The molecule has 0 bridgehead atoms. The summed E-state index contributed by atoms with van der Waals surface area (Å²) >= 11 is 3.36. The van der Waals surface area contributed by atoms with E-state index in [9.17, 15) is 9.59 Å². The molecule has 2 aromatic heterocycles. The number of aryl methyl sites for hydroxylation is 3. The minimum absolute atomic E-state index is 0.128. The van der Waals surface area contributed by atoms with Crippen molar-refractivity contribution in [3.05, 3.63) is 62.5 Å². The van der Waals surface area contributed by atoms with Gasteiger partial charge >= 0.3 is 0 Å². The van der Waals surface area contributed by atoms with Gasteiger partial charge in [-0.05, 0) is 45.0 Å². The minimum Gasteiger partial charge on any atom is -0.466 e. The first kappa shape index (κ1) is 18.4. The first-order chi connectivity index (χ1) is 12.3. The van der Waals surface area contributed by atoms with Crippen LogP contribution >= 0.6 is 15.9 Å². The minimum atomic E-state index is -0.154. The lowest BCUT2D eigenvalue weighted by molar-refractivity contribution is -0.121. The predicted molar refractivity (Wildman–Crippen MR) is 103 cm³/mol. The predicted octanol–water partition coefficient (Wildman–Crippen LogP) is 3.64. The molecule has 1 unspecified atom stereocenters. The number of furan rings is 1. The van der Waals surface area contributed by atoms with Crippen molar-refractivity contribution in [3.63, 3.8) is 0 Å². The van der Waals surface area contributed by atoms with Crippen LogP contribution < -0.4 is 10.9 Å². The van der Waals surface area contributed by atoms with Crippen LogP contribution in [0.4, 0.5) is 0 Å². The van der Waals surface area contributed by atoms with Gasteiger partial charge in [-0.3, -0.25) is 14.2 Å². The van der Waals surface area contributed by atoms with E-state index in [2.05, 4.69) is 26.2 Å². The molecule has 2 heterocycles. The molecule has 3 aromatic rings. The third kappa shape index (κ3) is 3.88. The van der Waals surface area contributed by atoms with Gasteiger partial charge in [-0.25, -0.2) is 4.98 Å². The number of fused-ring (bicyclic) bond motifs is 1. The summed E-state index contributed by atoms with van der Waals surface area (Å²) in [5.41, 5.74) is 1.45. The summed E-state index contributed by atoms with van der Waals surface area (Å²) in [5.74, 6) is 1.49. The molecule has 1 aromatic carbocycles. The quantitative estimate of drug-likeness (QED) is 0.687. The van der Waals surface area contributed by atoms with Crippen molar-refractivity contribution >= 4 is 32.7 Å². The average molecular weight is 418 g/mol. The maximum Gasteiger partial charge on any atom is 0.261 e. The van der Waals surface area contributed by atoms with Crippen molar-refractivity contribution in [1.29, 1.82) is 0 Å². The highest BCUT2D eigenvalue weighted by molar-refractivity contribution is 9.10. The number of amides is 1. The first-order valence-corrected chi connectivity index (χ1v) is 9.15. The number of benzene rings is 1. The molecule has 3 rings (SSSR count). The smallest absolute Gasteiger partial charge is 0.261 e. The molecule has 1 N–H and O–H groups in total. The molecule has 0 spiro atoms. The number of hydrogen-bond donors (Lipinski definition) is 1. The molecule has 0 saturated carbocycles. The third-order valence-corrected chi connectivity index (χ3v) is 4.78. The summed E-state index contributed by atoms with van der Waals surface area (Å²) in [7, 11) is 0. The number of carbonyl (C=O) groups excluding carboxylic acids is 1. The van der Waals surface area contributed by atoms with E-state index in [0.29, 0.717) is 10.9 Å². The lowest BCUT2D eigenvalue weighted by Gasteiger charge is -2.13. The van der Waals surface area contributed by atoms with Crippen molar-refractivity contribution in [3.8, 4) is 0 Å². The second-order valence-corrected chi connectivity index (χ2v) is 7.23. The van der Waals surface area contributed by atoms with Crippen LogP contribution in [-0.4, -0.2) is 15.5 Å². The molecule has 6 nitrogen and oxygen atoms in total. The van der Waals surface area contributed by atoms with Crippen molar-refractivity contribution < 1.29 is 9.21 Å². The van der Waals surface area contributed by atoms with E-state index in [-0.39, 0.29) is 30.5 Å². The van der Waals surface area contributed by atoms with Gasteiger partial charge in [0.05, 0.1) is 23.3 Å². The van der Waals surface area contributed by atoms with Crippen LogP contribution in [0, 0.1) is 13.8 Å². The molecule has 0 aliphatic heterocycles. The van der Waals surface area contributed by atoms with E-state index in [1.54, 1.807) is 12.1 Å². The van der Waals surface area contributed by atoms with Gasteiger partial charge < -0.3 is 9.73 Å². The van der Waals surface area contributed by atoms with Crippen molar-refractivity contribution in [2.75, 3.05) is 0 Å². The number of hydrogen-bond acceptors (Lipinski definition) is 4. The maximum atomic E-state index is 12.5. The van der Waals surface area contributed by atoms with Crippen LogP contribution in [0.25, 0.3) is 10.9 Å². The van der Waals surface area contributed by atoms with Crippen molar-refractivity contribution in [1.82, 2.24) is 14.9 Å². The highest BCUT2D eigenvalue weighted by Gasteiger charge is 2.15. The zero-order valence-electron chi connectivity index (χ0n) is 14.9. The Hall–Kier alpha value is -2.41. The second-order valence-electron chi connectivity index (χ2n) is 6.31. The normalized spacial score (nSPS) is 12.3. The topological polar surface area (TPSA) is 77.1 Å². The Morgan fingerprint density at radius 3 is 2.81 bits per heavy atom. The monoisotopic (exact) mass is 417 g/mol. The Morgan fingerprint density at radius 2 is 2.12 bits per heavy atom. The van der Waals surface area contributed by atoms with Crippen LogP contribution in [0.5, 0.6) is 0 Å². The molecule has 0 fully saturated rings. The third-order valence-electron chi connectivity index (χ3n) is 4.29. The van der Waals surface area contributed by atoms with E-state index in [1.807, 2.05) is 32.9 Å². The maximum absolute atomic E-state index is 12.5. The van der Waals surface area contributed by atoms with Crippen LogP contribution in [0.1, 0.15) is 36.5 Å². The molecule has 7 heteroatoms.